The van der Waals surface area contributed by atoms with E-state index in [-0.39, 0.29) is 0 Å². The number of fused-ring (bicyclic) bond motifs is 10. The van der Waals surface area contributed by atoms with Crippen LogP contribution in [0.5, 0.6) is 0 Å². The van der Waals surface area contributed by atoms with Gasteiger partial charge in [0.15, 0.2) is 0 Å². The quantitative estimate of drug-likeness (QED) is 0.119. The number of hydrogen-bond acceptors (Lipinski definition) is 0. The van der Waals surface area contributed by atoms with Crippen molar-refractivity contribution in [1.82, 2.24) is 0 Å². The third kappa shape index (κ3) is 6.13. The summed E-state index contributed by atoms with van der Waals surface area (Å²) in [5, 5.41) is 19.4. The summed E-state index contributed by atoms with van der Waals surface area (Å²) < 4.78 is 0. The van der Waals surface area contributed by atoms with Gasteiger partial charge in [0.05, 0.1) is 0 Å². The second kappa shape index (κ2) is 16.0. The molecule has 0 aromatic heterocycles. The van der Waals surface area contributed by atoms with Crippen LogP contribution in [0.2, 0.25) is 26.2 Å². The van der Waals surface area contributed by atoms with E-state index >= 15 is 0 Å². The van der Waals surface area contributed by atoms with Crippen molar-refractivity contribution in [2.45, 2.75) is 26.2 Å². The van der Waals surface area contributed by atoms with Gasteiger partial charge in [0.25, 0.3) is 0 Å². The maximum absolute atomic E-state index is 2.65. The molecule has 0 atom stereocenters. The van der Waals surface area contributed by atoms with Gasteiger partial charge in [0.1, 0.15) is 16.1 Å². The third-order valence-corrected chi connectivity index (χ3v) is 24.3. The first-order valence-corrected chi connectivity index (χ1v) is 32.2. The molecule has 0 spiro atoms. The van der Waals surface area contributed by atoms with Gasteiger partial charge < -0.3 is 0 Å². The van der Waals surface area contributed by atoms with Crippen molar-refractivity contribution < 1.29 is 0 Å². The molecule has 0 N–H and O–H groups in total. The number of benzene rings is 13. The molecule has 0 nitrogen and oxygen atoms in total. The summed E-state index contributed by atoms with van der Waals surface area (Å²) in [6.07, 6.45) is 0. The summed E-state index contributed by atoms with van der Waals surface area (Å²) in [5.41, 5.74) is 18.6. The fourth-order valence-corrected chi connectivity index (χ4v) is 19.9. The Morgan fingerprint density at radius 3 is 1.05 bits per heavy atom. The zero-order chi connectivity index (χ0) is 49.5. The molecule has 0 saturated heterocycles. The molecule has 0 saturated carbocycles. The van der Waals surface area contributed by atoms with Crippen LogP contribution in [0.3, 0.4) is 0 Å². The molecule has 2 heterocycles. The van der Waals surface area contributed by atoms with Gasteiger partial charge in [-0.3, -0.25) is 0 Å². The van der Waals surface area contributed by atoms with Crippen LogP contribution < -0.4 is 20.7 Å². The van der Waals surface area contributed by atoms with Crippen LogP contribution >= 0.6 is 0 Å². The lowest BCUT2D eigenvalue weighted by atomic mass is 9.85. The molecule has 2 aliphatic heterocycles. The summed E-state index contributed by atoms with van der Waals surface area (Å²) in [7, 11) is -4.37. The highest BCUT2D eigenvalue weighted by Gasteiger charge is 2.43. The van der Waals surface area contributed by atoms with Gasteiger partial charge >= 0.3 is 0 Å². The van der Waals surface area contributed by atoms with Crippen molar-refractivity contribution in [3.05, 3.63) is 243 Å². The molecule has 0 unspecified atom stereocenters. The third-order valence-electron chi connectivity index (χ3n) is 17.2. The largest absolute Gasteiger partial charge is 0.113 e. The summed E-state index contributed by atoms with van der Waals surface area (Å²) in [4.78, 5) is 0. The molecule has 2 aliphatic rings. The molecule has 0 aliphatic carbocycles. The highest BCUT2D eigenvalue weighted by Crippen LogP contribution is 2.48. The summed E-state index contributed by atoms with van der Waals surface area (Å²) in [6, 6.07) is 92.1. The van der Waals surface area contributed by atoms with E-state index in [1.807, 2.05) is 0 Å². The van der Waals surface area contributed by atoms with Crippen molar-refractivity contribution in [2.24, 2.45) is 0 Å². The van der Waals surface area contributed by atoms with Gasteiger partial charge in [-0.05, 0) is 152 Å². The molecule has 0 fully saturated rings. The monoisotopic (exact) mass is 972 g/mol. The Kier molecular flexibility index (Phi) is 9.37. The van der Waals surface area contributed by atoms with Crippen LogP contribution in [0.4, 0.5) is 0 Å². The first-order valence-electron chi connectivity index (χ1n) is 26.2. The minimum atomic E-state index is -2.21. The Balaban J connectivity index is 0.846. The van der Waals surface area contributed by atoms with Crippen LogP contribution in [-0.2, 0) is 0 Å². The highest BCUT2D eigenvalue weighted by atomic mass is 28.3. The van der Waals surface area contributed by atoms with E-state index in [0.29, 0.717) is 0 Å². The van der Waals surface area contributed by atoms with E-state index in [1.165, 1.54) is 142 Å². The van der Waals surface area contributed by atoms with Crippen molar-refractivity contribution in [2.75, 3.05) is 0 Å². The molecule has 0 amide bonds. The SMILES string of the molecule is C[Si]1(C)c2cc(-c3ccc(-c4c5ccccc5c(-c5ccccc5)c5ccccc45)cc3)ccc2-c2c1cc1c3c(cccc23)[Si](C)(C)c2cc(-c3c4ccccc4c(-c4ccccc4)c4ccccc34)ccc2-1. The van der Waals surface area contributed by atoms with Crippen molar-refractivity contribution >= 4 is 90.8 Å². The van der Waals surface area contributed by atoms with E-state index in [9.17, 15) is 0 Å². The molecule has 15 rings (SSSR count). The lowest BCUT2D eigenvalue weighted by Gasteiger charge is -2.35. The van der Waals surface area contributed by atoms with Gasteiger partial charge in [-0.2, -0.15) is 0 Å². The van der Waals surface area contributed by atoms with Crippen LogP contribution in [0.1, 0.15) is 0 Å². The van der Waals surface area contributed by atoms with Gasteiger partial charge in [-0.1, -0.05) is 269 Å². The Morgan fingerprint density at radius 1 is 0.203 bits per heavy atom. The van der Waals surface area contributed by atoms with Crippen LogP contribution in [0, 0.1) is 0 Å². The molecule has 13 aromatic carbocycles. The molecular formula is C72H52Si2. The first-order chi connectivity index (χ1) is 36.3. The van der Waals surface area contributed by atoms with E-state index in [4.69, 9.17) is 0 Å². The van der Waals surface area contributed by atoms with Gasteiger partial charge in [0, 0.05) is 0 Å². The molecule has 0 bridgehead atoms. The van der Waals surface area contributed by atoms with Crippen LogP contribution in [-0.4, -0.2) is 16.1 Å². The zero-order valence-electron chi connectivity index (χ0n) is 42.1. The van der Waals surface area contributed by atoms with E-state index in [0.717, 1.165) is 0 Å². The summed E-state index contributed by atoms with van der Waals surface area (Å²) in [5.74, 6) is 0. The number of hydrogen-bond donors (Lipinski definition) is 0. The topological polar surface area (TPSA) is 0 Å². The van der Waals surface area contributed by atoms with Crippen molar-refractivity contribution in [3.63, 3.8) is 0 Å². The van der Waals surface area contributed by atoms with Gasteiger partial charge in [-0.25, -0.2) is 0 Å². The van der Waals surface area contributed by atoms with Crippen LogP contribution in [0.25, 0.3) is 132 Å². The summed E-state index contributed by atoms with van der Waals surface area (Å²) in [6.45, 7) is 10.3. The Morgan fingerprint density at radius 2 is 0.554 bits per heavy atom. The highest BCUT2D eigenvalue weighted by molar-refractivity contribution is 7.05. The standard InChI is InChI=1S/C72H52Si2/c1-73(2)63-33-19-32-61-71-60-41-38-49(45-34-36-48(37-35-45)69-54-26-13-11-24-52(54)67(46-20-7-5-8-21-46)53-25-12-14-27-55(53)69)42-65(60)74(3,4)66(71)44-62(72(61)63)51-40-39-50(43-64(51)73)70-58-30-17-15-28-56(58)68(47-22-9-6-10-23-47)57-29-16-18-31-59(57)70/h5-44H,1-4H3. The normalized spacial score (nSPS) is 13.9. The minimum Gasteiger partial charge on any atom is -0.0622 e. The Labute approximate surface area is 434 Å². The fraction of sp³-hybridized carbons (Fsp3) is 0.0556. The maximum Gasteiger partial charge on any atom is 0.113 e. The molecule has 0 radical (unpaired) electrons. The second-order valence-corrected chi connectivity index (χ2v) is 30.5. The second-order valence-electron chi connectivity index (χ2n) is 21.8. The van der Waals surface area contributed by atoms with Crippen LogP contribution in [0.15, 0.2) is 243 Å². The van der Waals surface area contributed by atoms with E-state index in [1.54, 1.807) is 10.4 Å². The molecular weight excluding hydrogens is 921 g/mol. The zero-order valence-corrected chi connectivity index (χ0v) is 44.1. The minimum absolute atomic E-state index is 1.24. The lowest BCUT2D eigenvalue weighted by Crippen LogP contribution is -2.56. The molecule has 348 valence electrons. The van der Waals surface area contributed by atoms with E-state index in [2.05, 4.69) is 269 Å². The summed E-state index contributed by atoms with van der Waals surface area (Å²) >= 11 is 0. The Hall–Kier alpha value is -8.41. The average molecular weight is 973 g/mol. The molecule has 74 heavy (non-hydrogen) atoms. The van der Waals surface area contributed by atoms with Gasteiger partial charge in [-0.15, -0.1) is 0 Å². The lowest BCUT2D eigenvalue weighted by molar-refractivity contribution is 1.62. The van der Waals surface area contributed by atoms with Crippen molar-refractivity contribution in [1.29, 1.82) is 0 Å². The van der Waals surface area contributed by atoms with Gasteiger partial charge in [0.2, 0.25) is 0 Å². The molecule has 13 aromatic rings. The maximum atomic E-state index is 2.65. The molecule has 2 heteroatoms. The van der Waals surface area contributed by atoms with Crippen molar-refractivity contribution in [3.8, 4) is 77.9 Å². The van der Waals surface area contributed by atoms with E-state index < -0.39 is 16.1 Å². The fourth-order valence-electron chi connectivity index (χ4n) is 13.7. The Bertz CT molecular complexity index is 4390. The number of rotatable bonds is 5. The first kappa shape index (κ1) is 43.2. The smallest absolute Gasteiger partial charge is 0.0622 e. The average Bonchev–Trinajstić information content (AvgIpc) is 3.72. The predicted octanol–water partition coefficient (Wildman–Crippen LogP) is 17.4. The predicted molar refractivity (Wildman–Crippen MR) is 326 cm³/mol.